The quantitative estimate of drug-likeness (QED) is 0.579. The van der Waals surface area contributed by atoms with E-state index < -0.39 is 34.7 Å². The normalized spacial score (nSPS) is 10.7. The highest BCUT2D eigenvalue weighted by molar-refractivity contribution is 5.94. The first kappa shape index (κ1) is 16.6. The summed E-state index contributed by atoms with van der Waals surface area (Å²) in [7, 11) is 0. The molecule has 5 nitrogen and oxygen atoms in total. The number of nitrogens with one attached hydrogen (secondary N) is 1. The van der Waals surface area contributed by atoms with Gasteiger partial charge in [-0.2, -0.15) is 0 Å². The van der Waals surface area contributed by atoms with Gasteiger partial charge in [-0.15, -0.1) is 10.2 Å². The maximum atomic E-state index is 13.5. The van der Waals surface area contributed by atoms with Crippen molar-refractivity contribution in [3.63, 3.8) is 0 Å². The predicted octanol–water partition coefficient (Wildman–Crippen LogP) is 3.22. The summed E-state index contributed by atoms with van der Waals surface area (Å²) in [4.78, 5) is 11.8. The Kier molecular flexibility index (Phi) is 4.46. The molecule has 0 saturated heterocycles. The van der Waals surface area contributed by atoms with Crippen molar-refractivity contribution in [1.29, 1.82) is 0 Å². The highest BCUT2D eigenvalue weighted by atomic mass is 19.2. The third-order valence-corrected chi connectivity index (χ3v) is 3.24. The van der Waals surface area contributed by atoms with E-state index in [4.69, 9.17) is 4.42 Å². The monoisotopic (exact) mass is 351 g/mol. The van der Waals surface area contributed by atoms with Crippen LogP contribution in [0.5, 0.6) is 0 Å². The van der Waals surface area contributed by atoms with E-state index in [-0.39, 0.29) is 18.3 Å². The molecule has 0 aliphatic rings. The maximum Gasteiger partial charge on any atom is 0.254 e. The van der Waals surface area contributed by atoms with Crippen molar-refractivity contribution in [2.75, 3.05) is 0 Å². The first-order chi connectivity index (χ1) is 12.0. The number of benzene rings is 2. The van der Waals surface area contributed by atoms with Crippen molar-refractivity contribution in [3.8, 4) is 11.5 Å². The van der Waals surface area contributed by atoms with Crippen molar-refractivity contribution < 1.29 is 26.8 Å². The molecule has 0 saturated carbocycles. The minimum absolute atomic E-state index is 0.00401. The molecule has 0 aliphatic heterocycles. The number of carbonyl (C=O) groups excluding carboxylic acids is 1. The van der Waals surface area contributed by atoms with Crippen LogP contribution in [0, 0.1) is 23.3 Å². The Balaban J connectivity index is 1.69. The lowest BCUT2D eigenvalue weighted by Crippen LogP contribution is -2.24. The van der Waals surface area contributed by atoms with Crippen molar-refractivity contribution in [2.45, 2.75) is 6.54 Å². The summed E-state index contributed by atoms with van der Waals surface area (Å²) in [6, 6.07) is 6.76. The third-order valence-electron chi connectivity index (χ3n) is 3.24. The molecule has 0 unspecified atom stereocenters. The van der Waals surface area contributed by atoms with Crippen LogP contribution in [-0.4, -0.2) is 16.1 Å². The summed E-state index contributed by atoms with van der Waals surface area (Å²) in [6.07, 6.45) is 0. The fourth-order valence-corrected chi connectivity index (χ4v) is 1.99. The van der Waals surface area contributed by atoms with Crippen molar-refractivity contribution >= 4 is 5.91 Å². The van der Waals surface area contributed by atoms with E-state index in [1.165, 1.54) is 24.3 Å². The van der Waals surface area contributed by atoms with Crippen LogP contribution in [0.1, 0.15) is 16.2 Å². The minimum Gasteiger partial charge on any atom is -0.419 e. The molecule has 9 heteroatoms. The van der Waals surface area contributed by atoms with Gasteiger partial charge in [-0.3, -0.25) is 4.79 Å². The molecular weight excluding hydrogens is 342 g/mol. The molecule has 0 fully saturated rings. The average molecular weight is 351 g/mol. The number of amides is 1. The van der Waals surface area contributed by atoms with E-state index in [9.17, 15) is 22.4 Å². The van der Waals surface area contributed by atoms with Crippen molar-refractivity contribution in [2.24, 2.45) is 0 Å². The number of halogens is 4. The SMILES string of the molecule is O=C(NCc1nnc(-c2ccc(F)cc2)o1)c1ccc(F)c(F)c1F. The van der Waals surface area contributed by atoms with Gasteiger partial charge in [-0.05, 0) is 36.4 Å². The number of hydrogen-bond acceptors (Lipinski definition) is 4. The van der Waals surface area contributed by atoms with Crippen LogP contribution in [0.2, 0.25) is 0 Å². The lowest BCUT2D eigenvalue weighted by molar-refractivity contribution is 0.0942. The molecule has 25 heavy (non-hydrogen) atoms. The zero-order valence-electron chi connectivity index (χ0n) is 12.4. The lowest BCUT2D eigenvalue weighted by Gasteiger charge is -2.05. The molecule has 1 heterocycles. The molecule has 128 valence electrons. The molecule has 1 amide bonds. The number of nitrogens with zero attached hydrogens (tertiary/aromatic N) is 2. The van der Waals surface area contributed by atoms with Gasteiger partial charge in [0.25, 0.3) is 5.91 Å². The number of hydrogen-bond donors (Lipinski definition) is 1. The maximum absolute atomic E-state index is 13.5. The molecule has 0 atom stereocenters. The van der Waals surface area contributed by atoms with E-state index in [2.05, 4.69) is 15.5 Å². The van der Waals surface area contributed by atoms with Crippen molar-refractivity contribution in [1.82, 2.24) is 15.5 Å². The molecular formula is C16H9F4N3O2. The lowest BCUT2D eigenvalue weighted by atomic mass is 10.2. The van der Waals surface area contributed by atoms with Gasteiger partial charge in [-0.25, -0.2) is 17.6 Å². The van der Waals surface area contributed by atoms with Crippen molar-refractivity contribution in [3.05, 3.63) is 71.1 Å². The Hall–Kier alpha value is -3.23. The summed E-state index contributed by atoms with van der Waals surface area (Å²) in [5.41, 5.74) is -0.185. The smallest absolute Gasteiger partial charge is 0.254 e. The van der Waals surface area contributed by atoms with Gasteiger partial charge in [0.15, 0.2) is 17.5 Å². The Morgan fingerprint density at radius 2 is 1.68 bits per heavy atom. The summed E-state index contributed by atoms with van der Waals surface area (Å²) in [6.45, 7) is -0.258. The van der Waals surface area contributed by atoms with Crippen LogP contribution in [0.3, 0.4) is 0 Å². The molecule has 0 bridgehead atoms. The Bertz CT molecular complexity index is 926. The summed E-state index contributed by atoms with van der Waals surface area (Å²) in [5.74, 6) is -6.02. The van der Waals surface area contributed by atoms with E-state index in [1.807, 2.05) is 0 Å². The summed E-state index contributed by atoms with van der Waals surface area (Å²) >= 11 is 0. The number of rotatable bonds is 4. The fraction of sp³-hybridized carbons (Fsp3) is 0.0625. The fourth-order valence-electron chi connectivity index (χ4n) is 1.99. The largest absolute Gasteiger partial charge is 0.419 e. The molecule has 0 aliphatic carbocycles. The molecule has 2 aromatic carbocycles. The van der Waals surface area contributed by atoms with Crippen LogP contribution >= 0.6 is 0 Å². The third kappa shape index (κ3) is 3.49. The molecule has 1 aromatic heterocycles. The predicted molar refractivity (Wildman–Crippen MR) is 77.2 cm³/mol. The number of carbonyl (C=O) groups is 1. The topological polar surface area (TPSA) is 68.0 Å². The Morgan fingerprint density at radius 3 is 2.40 bits per heavy atom. The zero-order chi connectivity index (χ0) is 18.0. The van der Waals surface area contributed by atoms with E-state index >= 15 is 0 Å². The van der Waals surface area contributed by atoms with E-state index in [1.54, 1.807) is 0 Å². The minimum atomic E-state index is -1.73. The van der Waals surface area contributed by atoms with Crippen LogP contribution in [0.15, 0.2) is 40.8 Å². The molecule has 3 rings (SSSR count). The summed E-state index contributed by atoms with van der Waals surface area (Å²) < 4.78 is 57.7. The second-order valence-electron chi connectivity index (χ2n) is 4.91. The second kappa shape index (κ2) is 6.71. The highest BCUT2D eigenvalue weighted by Gasteiger charge is 2.19. The first-order valence-electron chi connectivity index (χ1n) is 6.95. The van der Waals surface area contributed by atoms with Crippen LogP contribution in [0.4, 0.5) is 17.6 Å². The van der Waals surface area contributed by atoms with Gasteiger partial charge in [-0.1, -0.05) is 0 Å². The van der Waals surface area contributed by atoms with E-state index in [0.717, 1.165) is 6.07 Å². The second-order valence-corrected chi connectivity index (χ2v) is 4.91. The molecule has 3 aromatic rings. The highest BCUT2D eigenvalue weighted by Crippen LogP contribution is 2.18. The van der Waals surface area contributed by atoms with Gasteiger partial charge >= 0.3 is 0 Å². The molecule has 1 N–H and O–H groups in total. The van der Waals surface area contributed by atoms with Gasteiger partial charge in [0, 0.05) is 5.56 Å². The summed E-state index contributed by atoms with van der Waals surface area (Å²) in [5, 5.41) is 9.67. The number of aromatic nitrogens is 2. The standard InChI is InChI=1S/C16H9F4N3O2/c17-9-3-1-8(2-4-9)16-23-22-12(25-16)7-21-15(24)10-5-6-11(18)14(20)13(10)19/h1-6H,7H2,(H,21,24). The van der Waals surface area contributed by atoms with Crippen LogP contribution in [-0.2, 0) is 6.54 Å². The average Bonchev–Trinajstić information content (AvgIpc) is 3.07. The van der Waals surface area contributed by atoms with Gasteiger partial charge < -0.3 is 9.73 Å². The van der Waals surface area contributed by atoms with Gasteiger partial charge in [0.05, 0.1) is 12.1 Å². The first-order valence-corrected chi connectivity index (χ1v) is 6.95. The van der Waals surface area contributed by atoms with Crippen LogP contribution in [0.25, 0.3) is 11.5 Å². The molecule has 0 radical (unpaired) electrons. The van der Waals surface area contributed by atoms with E-state index in [0.29, 0.717) is 11.6 Å². The molecule has 0 spiro atoms. The zero-order valence-corrected chi connectivity index (χ0v) is 12.4. The van der Waals surface area contributed by atoms with Gasteiger partial charge in [0.1, 0.15) is 5.82 Å². The van der Waals surface area contributed by atoms with Crippen LogP contribution < -0.4 is 5.32 Å². The Labute approximate surface area is 138 Å². The Morgan fingerprint density at radius 1 is 0.960 bits per heavy atom. The van der Waals surface area contributed by atoms with Gasteiger partial charge in [0.2, 0.25) is 11.8 Å².